The maximum atomic E-state index is 11.5. The van der Waals surface area contributed by atoms with Crippen LogP contribution in [0.15, 0.2) is 84.9 Å². The molecule has 0 bridgehead atoms. The number of phenols is 1. The fourth-order valence-electron chi connectivity index (χ4n) is 4.00. The van der Waals surface area contributed by atoms with E-state index in [4.69, 9.17) is 9.47 Å². The third kappa shape index (κ3) is 7.72. The molecule has 0 aliphatic heterocycles. The Balaban J connectivity index is 1.79. The predicted octanol–water partition coefficient (Wildman–Crippen LogP) is 5.38. The quantitative estimate of drug-likeness (QED) is 0.198. The Hall–Kier alpha value is -4.03. The smallest absolute Gasteiger partial charge is 0.245 e. The first-order valence-electron chi connectivity index (χ1n) is 12.4. The number of aromatic hydroxyl groups is 1. The maximum absolute atomic E-state index is 11.5. The lowest BCUT2D eigenvalue weighted by Gasteiger charge is -2.19. The number of rotatable bonds is 12. The average Bonchev–Trinajstić information content (AvgIpc) is 2.92. The zero-order chi connectivity index (χ0) is 26.6. The number of allylic oxidation sites excluding steroid dienone is 1. The van der Waals surface area contributed by atoms with E-state index in [0.29, 0.717) is 25.4 Å². The summed E-state index contributed by atoms with van der Waals surface area (Å²) in [6.45, 7) is 3.91. The molecular weight excluding hydrogens is 464 g/mol. The first-order valence-corrected chi connectivity index (χ1v) is 12.4. The van der Waals surface area contributed by atoms with Crippen molar-refractivity contribution >= 4 is 17.1 Å². The van der Waals surface area contributed by atoms with Gasteiger partial charge in [-0.25, -0.2) is 0 Å². The fraction of sp³-hybridized carbons (Fsp3) is 0.258. The highest BCUT2D eigenvalue weighted by Gasteiger charge is 2.17. The Morgan fingerprint density at radius 3 is 2.38 bits per heavy atom. The molecule has 0 fully saturated rings. The van der Waals surface area contributed by atoms with Gasteiger partial charge in [-0.05, 0) is 53.0 Å². The Morgan fingerprint density at radius 2 is 1.73 bits per heavy atom. The van der Waals surface area contributed by atoms with Crippen molar-refractivity contribution in [1.29, 1.82) is 0 Å². The summed E-state index contributed by atoms with van der Waals surface area (Å²) in [6.07, 6.45) is 4.18. The maximum Gasteiger partial charge on any atom is 0.245 e. The molecule has 0 aliphatic carbocycles. The first-order chi connectivity index (χ1) is 17.9. The molecular formula is C31H36N2O4. The van der Waals surface area contributed by atoms with Crippen LogP contribution in [0.5, 0.6) is 17.2 Å². The molecule has 0 atom stereocenters. The molecule has 6 nitrogen and oxygen atoms in total. The summed E-state index contributed by atoms with van der Waals surface area (Å²) in [5.41, 5.74) is 5.33. The number of likely N-dealkylation sites (N-methyl/N-ethyl adjacent to an activating group) is 1. The Labute approximate surface area is 219 Å². The SMILES string of the molecule is CC/C(=C(/c1ccc(OCCNC/C=C/C(=O)N(C)C)cc1)c1ccc(O)cc1OC)c1ccccc1. The number of nitrogens with one attached hydrogen (secondary N) is 1. The Morgan fingerprint density at radius 1 is 1.00 bits per heavy atom. The van der Waals surface area contributed by atoms with Crippen LogP contribution >= 0.6 is 0 Å². The van der Waals surface area contributed by atoms with Crippen molar-refractivity contribution in [3.8, 4) is 17.2 Å². The summed E-state index contributed by atoms with van der Waals surface area (Å²) in [5.74, 6) is 1.52. The van der Waals surface area contributed by atoms with Gasteiger partial charge >= 0.3 is 0 Å². The molecule has 3 rings (SSSR count). The van der Waals surface area contributed by atoms with Gasteiger partial charge < -0.3 is 24.8 Å². The van der Waals surface area contributed by atoms with Gasteiger partial charge in [0.1, 0.15) is 23.9 Å². The standard InChI is InChI=1S/C31H36N2O4/c1-5-27(23-10-7-6-8-11-23)31(28-18-15-25(34)22-29(28)36-4)24-13-16-26(17-14-24)37-21-20-32-19-9-12-30(35)33(2)3/h6-18,22,32,34H,5,19-21H2,1-4H3/b12-9+,31-27+. The molecule has 0 radical (unpaired) electrons. The molecule has 3 aromatic rings. The van der Waals surface area contributed by atoms with Gasteiger partial charge in [-0.15, -0.1) is 0 Å². The number of hydrogen-bond donors (Lipinski definition) is 2. The highest BCUT2D eigenvalue weighted by atomic mass is 16.5. The zero-order valence-corrected chi connectivity index (χ0v) is 22.0. The lowest BCUT2D eigenvalue weighted by molar-refractivity contribution is -0.123. The molecule has 194 valence electrons. The molecule has 0 saturated carbocycles. The van der Waals surface area contributed by atoms with Crippen LogP contribution in [0, 0.1) is 0 Å². The summed E-state index contributed by atoms with van der Waals surface area (Å²) in [7, 11) is 5.07. The molecule has 0 saturated heterocycles. The van der Waals surface area contributed by atoms with Crippen LogP contribution in [-0.2, 0) is 4.79 Å². The topological polar surface area (TPSA) is 71.0 Å². The second-order valence-electron chi connectivity index (χ2n) is 8.67. The number of benzene rings is 3. The molecule has 37 heavy (non-hydrogen) atoms. The van der Waals surface area contributed by atoms with Crippen molar-refractivity contribution in [2.45, 2.75) is 13.3 Å². The molecule has 0 spiro atoms. The van der Waals surface area contributed by atoms with Crippen molar-refractivity contribution in [3.63, 3.8) is 0 Å². The van der Waals surface area contributed by atoms with Crippen molar-refractivity contribution < 1.29 is 19.4 Å². The predicted molar refractivity (Wildman–Crippen MR) is 150 cm³/mol. The van der Waals surface area contributed by atoms with Crippen molar-refractivity contribution in [2.24, 2.45) is 0 Å². The summed E-state index contributed by atoms with van der Waals surface area (Å²) < 4.78 is 11.6. The summed E-state index contributed by atoms with van der Waals surface area (Å²) >= 11 is 0. The van der Waals surface area contributed by atoms with E-state index in [1.165, 1.54) is 10.5 Å². The second-order valence-corrected chi connectivity index (χ2v) is 8.67. The van der Waals surface area contributed by atoms with E-state index in [-0.39, 0.29) is 11.7 Å². The van der Waals surface area contributed by atoms with Crippen LogP contribution in [0.4, 0.5) is 0 Å². The summed E-state index contributed by atoms with van der Waals surface area (Å²) in [4.78, 5) is 13.1. The van der Waals surface area contributed by atoms with Gasteiger partial charge in [0, 0.05) is 44.9 Å². The lowest BCUT2D eigenvalue weighted by Crippen LogP contribution is -2.22. The fourth-order valence-corrected chi connectivity index (χ4v) is 4.00. The number of phenolic OH excluding ortho intramolecular Hbond substituents is 1. The number of nitrogens with zero attached hydrogens (tertiary/aromatic N) is 1. The number of ether oxygens (including phenoxy) is 2. The van der Waals surface area contributed by atoms with Gasteiger partial charge in [-0.2, -0.15) is 0 Å². The van der Waals surface area contributed by atoms with E-state index in [2.05, 4.69) is 36.5 Å². The van der Waals surface area contributed by atoms with Gasteiger partial charge in [0.15, 0.2) is 0 Å². The Kier molecular flexibility index (Phi) is 10.4. The number of methoxy groups -OCH3 is 1. The van der Waals surface area contributed by atoms with E-state index in [1.807, 2.05) is 36.4 Å². The average molecular weight is 501 g/mol. The van der Waals surface area contributed by atoms with Gasteiger partial charge in [0.2, 0.25) is 5.91 Å². The molecule has 2 N–H and O–H groups in total. The molecule has 3 aromatic carbocycles. The molecule has 1 amide bonds. The van der Waals surface area contributed by atoms with Crippen LogP contribution in [0.1, 0.15) is 30.0 Å². The van der Waals surface area contributed by atoms with Gasteiger partial charge in [-0.1, -0.05) is 55.5 Å². The van der Waals surface area contributed by atoms with Crippen LogP contribution in [0.25, 0.3) is 11.1 Å². The van der Waals surface area contributed by atoms with Crippen LogP contribution in [0.2, 0.25) is 0 Å². The van der Waals surface area contributed by atoms with Crippen molar-refractivity contribution in [3.05, 3.63) is 102 Å². The van der Waals surface area contributed by atoms with Crippen LogP contribution in [-0.4, -0.2) is 56.8 Å². The normalized spacial score (nSPS) is 11.8. The minimum atomic E-state index is -0.0324. The molecule has 0 heterocycles. The summed E-state index contributed by atoms with van der Waals surface area (Å²) in [5, 5.41) is 13.3. The molecule has 0 aromatic heterocycles. The van der Waals surface area contributed by atoms with E-state index >= 15 is 0 Å². The number of carbonyl (C=O) groups excluding carboxylic acids is 1. The molecule has 0 aliphatic rings. The van der Waals surface area contributed by atoms with Crippen molar-refractivity contribution in [2.75, 3.05) is 40.9 Å². The van der Waals surface area contributed by atoms with Crippen LogP contribution in [0.3, 0.4) is 0 Å². The lowest BCUT2D eigenvalue weighted by atomic mass is 9.87. The van der Waals surface area contributed by atoms with E-state index < -0.39 is 0 Å². The van der Waals surface area contributed by atoms with E-state index in [9.17, 15) is 9.90 Å². The highest BCUT2D eigenvalue weighted by molar-refractivity contribution is 6.00. The van der Waals surface area contributed by atoms with Gasteiger partial charge in [0.05, 0.1) is 7.11 Å². The third-order valence-electron chi connectivity index (χ3n) is 5.89. The highest BCUT2D eigenvalue weighted by Crippen LogP contribution is 2.40. The third-order valence-corrected chi connectivity index (χ3v) is 5.89. The molecule has 6 heteroatoms. The minimum absolute atomic E-state index is 0.0324. The molecule has 0 unspecified atom stereocenters. The van der Waals surface area contributed by atoms with Crippen LogP contribution < -0.4 is 14.8 Å². The minimum Gasteiger partial charge on any atom is -0.508 e. The van der Waals surface area contributed by atoms with E-state index in [1.54, 1.807) is 45.5 Å². The first kappa shape index (κ1) is 27.6. The summed E-state index contributed by atoms with van der Waals surface area (Å²) in [6, 6.07) is 23.6. The van der Waals surface area contributed by atoms with E-state index in [0.717, 1.165) is 34.4 Å². The van der Waals surface area contributed by atoms with Gasteiger partial charge in [-0.3, -0.25) is 4.79 Å². The number of hydrogen-bond acceptors (Lipinski definition) is 5. The number of carbonyl (C=O) groups is 1. The van der Waals surface area contributed by atoms with Gasteiger partial charge in [0.25, 0.3) is 0 Å². The monoisotopic (exact) mass is 500 g/mol. The number of amides is 1. The Bertz CT molecular complexity index is 1220. The van der Waals surface area contributed by atoms with Crippen molar-refractivity contribution in [1.82, 2.24) is 10.2 Å². The zero-order valence-electron chi connectivity index (χ0n) is 22.0. The largest absolute Gasteiger partial charge is 0.508 e. The second kappa shape index (κ2) is 13.9.